The molecule has 5 aromatic rings. The molecule has 0 saturated carbocycles. The summed E-state index contributed by atoms with van der Waals surface area (Å²) >= 11 is 0. The van der Waals surface area contributed by atoms with Gasteiger partial charge in [-0.3, -0.25) is 35.5 Å². The zero-order chi connectivity index (χ0) is 46.6. The van der Waals surface area contributed by atoms with Crippen molar-refractivity contribution >= 4 is 28.2 Å². The Morgan fingerprint density at radius 2 is 1.42 bits per heavy atom. The topological polar surface area (TPSA) is 348 Å². The number of carbonyl (C=O) groups excluding carboxylic acids is 2. The summed E-state index contributed by atoms with van der Waals surface area (Å²) in [6, 6.07) is 12.0. The highest BCUT2D eigenvalue weighted by Crippen LogP contribution is 2.44. The summed E-state index contributed by atoms with van der Waals surface area (Å²) < 4.78 is 68.5. The van der Waals surface area contributed by atoms with E-state index in [1.165, 1.54) is 49.8 Å². The minimum absolute atomic E-state index is 0.0253. The quantitative estimate of drug-likeness (QED) is 0.0229. The lowest BCUT2D eigenvalue weighted by molar-refractivity contribution is -0.492. The number of hydrogen-bond acceptors (Lipinski definition) is 26. The van der Waals surface area contributed by atoms with Crippen LogP contribution in [0.5, 0.6) is 23.1 Å². The van der Waals surface area contributed by atoms with E-state index >= 15 is 0 Å². The van der Waals surface area contributed by atoms with Gasteiger partial charge in [0.1, 0.15) is 18.9 Å². The molecule has 0 aliphatic rings. The van der Waals surface area contributed by atoms with Crippen LogP contribution < -0.4 is 18.5 Å². The molecular weight excluding hydrogens is 891 g/mol. The van der Waals surface area contributed by atoms with Crippen LogP contribution in [-0.2, 0) is 38.6 Å². The number of unbranched alkanes of at least 4 members (excludes halogenated alkanes) is 2. The average Bonchev–Trinajstić information content (AvgIpc) is 3.84. The number of carbonyl (C=O) groups is 2. The fourth-order valence-corrected chi connectivity index (χ4v) is 6.31. The second kappa shape index (κ2) is 24.8. The van der Waals surface area contributed by atoms with Gasteiger partial charge in [-0.15, -0.1) is 10.2 Å². The summed E-state index contributed by atoms with van der Waals surface area (Å²) in [4.78, 5) is 51.8. The molecule has 0 spiro atoms. The zero-order valence-corrected chi connectivity index (χ0v) is 35.3. The van der Waals surface area contributed by atoms with Gasteiger partial charge in [0, 0.05) is 18.0 Å². The number of methoxy groups -OCH3 is 1. The number of H-pyrrole nitrogens is 1. The predicted molar refractivity (Wildman–Crippen MR) is 211 cm³/mol. The molecule has 0 amide bonds. The molecule has 5 N–H and O–H groups in total. The molecule has 4 heterocycles. The molecule has 4 aromatic heterocycles. The van der Waals surface area contributed by atoms with E-state index in [-0.39, 0.29) is 73.7 Å². The Morgan fingerprint density at radius 1 is 0.754 bits per heavy atom. The van der Waals surface area contributed by atoms with Gasteiger partial charge >= 0.3 is 12.3 Å². The molecule has 28 nitrogen and oxygen atoms in total. The van der Waals surface area contributed by atoms with Crippen molar-refractivity contribution in [2.75, 3.05) is 57.8 Å². The highest BCUT2D eigenvalue weighted by molar-refractivity contribution is 7.92. The second-order valence-corrected chi connectivity index (χ2v) is 14.5. The van der Waals surface area contributed by atoms with Crippen molar-refractivity contribution in [3.8, 4) is 46.0 Å². The molecule has 0 unspecified atom stereocenters. The lowest BCUT2D eigenvalue weighted by Gasteiger charge is -2.26. The Hall–Kier alpha value is -6.96. The van der Waals surface area contributed by atoms with Crippen LogP contribution in [0, 0.1) is 6.92 Å². The Kier molecular flexibility index (Phi) is 18.7. The number of aromatic nitrogens is 8. The standard InChI is InChI=1S/C36H43N11O17S/c1-24-11-12-29(38-22-24)65(54,55)45(23-61-36(49)59-16-6-8-18-63-47(52)53)33-30(64-28-10-4-3-9-27(28)56-2)34(57-19-20-60-35(48)58-15-5-7-17-62-46(50)51)40-31(39-33)25-13-14-37-26(21-25)32-41-43-44-42-32/h3-4,9-14,21-22,50-53H,5-8,15-20,23H2,1-2H3,(H,41,42,43,44). The van der Waals surface area contributed by atoms with E-state index in [1.54, 1.807) is 25.1 Å². The number of rotatable bonds is 26. The number of nitrogens with zero attached hydrogens (tertiary/aromatic N) is 10. The van der Waals surface area contributed by atoms with E-state index in [9.17, 15) is 18.0 Å². The minimum atomic E-state index is -4.85. The van der Waals surface area contributed by atoms with E-state index in [4.69, 9.17) is 54.0 Å². The molecule has 0 aliphatic heterocycles. The third-order valence-electron chi connectivity index (χ3n) is 8.14. The van der Waals surface area contributed by atoms with Crippen LogP contribution in [-0.4, -0.2) is 146 Å². The van der Waals surface area contributed by atoms with Crippen molar-refractivity contribution in [3.05, 3.63) is 66.5 Å². The van der Waals surface area contributed by atoms with Gasteiger partial charge < -0.3 is 33.2 Å². The highest BCUT2D eigenvalue weighted by Gasteiger charge is 2.35. The van der Waals surface area contributed by atoms with Gasteiger partial charge in [-0.2, -0.15) is 18.6 Å². The summed E-state index contributed by atoms with van der Waals surface area (Å²) in [6.45, 7) is -0.771. The average molecular weight is 934 g/mol. The van der Waals surface area contributed by atoms with Crippen molar-refractivity contribution in [3.63, 3.8) is 0 Å². The fraction of sp³-hybridized carbons (Fsp3) is 0.361. The first-order chi connectivity index (χ1) is 31.3. The molecule has 29 heteroatoms. The van der Waals surface area contributed by atoms with E-state index < -0.39 is 75.5 Å². The molecule has 0 bridgehead atoms. The first-order valence-corrected chi connectivity index (χ1v) is 20.5. The smallest absolute Gasteiger partial charge is 0.493 e. The van der Waals surface area contributed by atoms with Crippen molar-refractivity contribution < 1.29 is 81.7 Å². The van der Waals surface area contributed by atoms with Crippen LogP contribution in [0.2, 0.25) is 0 Å². The molecular formula is C36H43N11O17S. The summed E-state index contributed by atoms with van der Waals surface area (Å²) in [5, 5.41) is 47.1. The van der Waals surface area contributed by atoms with E-state index in [0.717, 1.165) is 0 Å². The molecule has 5 rings (SSSR count). The highest BCUT2D eigenvalue weighted by atomic mass is 32.2. The van der Waals surface area contributed by atoms with Gasteiger partial charge in [-0.05, 0) is 73.7 Å². The number of tetrazole rings is 1. The molecule has 0 aliphatic carbocycles. The zero-order valence-electron chi connectivity index (χ0n) is 34.5. The maximum atomic E-state index is 14.7. The van der Waals surface area contributed by atoms with Gasteiger partial charge in [0.25, 0.3) is 15.9 Å². The Balaban J connectivity index is 1.56. The van der Waals surface area contributed by atoms with Crippen LogP contribution in [0.4, 0.5) is 15.4 Å². The van der Waals surface area contributed by atoms with Crippen LogP contribution >= 0.6 is 0 Å². The maximum absolute atomic E-state index is 14.7. The van der Waals surface area contributed by atoms with Gasteiger partial charge in [0.2, 0.25) is 11.6 Å². The molecule has 65 heavy (non-hydrogen) atoms. The number of aryl methyl sites for hydroxylation is 1. The summed E-state index contributed by atoms with van der Waals surface area (Å²) in [5.41, 5.74) is 1.04. The molecule has 0 saturated heterocycles. The van der Waals surface area contributed by atoms with Crippen LogP contribution in [0.3, 0.4) is 0 Å². The van der Waals surface area contributed by atoms with Gasteiger partial charge in [-0.25, -0.2) is 23.9 Å². The molecule has 350 valence electrons. The first-order valence-electron chi connectivity index (χ1n) is 19.1. The first kappa shape index (κ1) is 49.1. The van der Waals surface area contributed by atoms with Crippen LogP contribution in [0.1, 0.15) is 31.2 Å². The molecule has 0 radical (unpaired) electrons. The lowest BCUT2D eigenvalue weighted by atomic mass is 10.2. The normalized spacial score (nSPS) is 11.3. The third kappa shape index (κ3) is 15.1. The maximum Gasteiger partial charge on any atom is 0.510 e. The molecule has 0 atom stereocenters. The van der Waals surface area contributed by atoms with E-state index in [2.05, 4.69) is 50.2 Å². The van der Waals surface area contributed by atoms with Crippen molar-refractivity contribution in [1.29, 1.82) is 0 Å². The number of ether oxygens (including phenoxy) is 7. The van der Waals surface area contributed by atoms with Crippen molar-refractivity contribution in [2.24, 2.45) is 0 Å². The third-order valence-corrected chi connectivity index (χ3v) is 9.77. The van der Waals surface area contributed by atoms with Gasteiger partial charge in [0.05, 0.1) is 44.3 Å². The number of sulfonamides is 1. The van der Waals surface area contributed by atoms with E-state index in [0.29, 0.717) is 22.7 Å². The van der Waals surface area contributed by atoms with Gasteiger partial charge in [0.15, 0.2) is 34.9 Å². The lowest BCUT2D eigenvalue weighted by Crippen LogP contribution is -2.36. The number of nitrogens with one attached hydrogen (secondary N) is 1. The summed E-state index contributed by atoms with van der Waals surface area (Å²) in [6.07, 6.45) is 1.33. The fourth-order valence-electron chi connectivity index (χ4n) is 5.11. The Labute approximate surface area is 368 Å². The number of aromatic amines is 1. The van der Waals surface area contributed by atoms with Crippen LogP contribution in [0.15, 0.2) is 66.0 Å². The SMILES string of the molecule is COc1ccccc1Oc1c(OCCOC(=O)OCCCCON(O)O)nc(-c2ccnc(-c3nn[nH]n3)c2)nc1N(COC(=O)OCCCCON(O)O)S(=O)(=O)c1ccc(C)cn1. The number of benzene rings is 1. The second-order valence-electron chi connectivity index (χ2n) is 12.7. The monoisotopic (exact) mass is 933 g/mol. The minimum Gasteiger partial charge on any atom is -0.493 e. The largest absolute Gasteiger partial charge is 0.510 e. The predicted octanol–water partition coefficient (Wildman–Crippen LogP) is 3.65. The van der Waals surface area contributed by atoms with Crippen LogP contribution in [0.25, 0.3) is 22.9 Å². The molecule has 1 aromatic carbocycles. The number of hydrogen-bond donors (Lipinski definition) is 5. The van der Waals surface area contributed by atoms with Gasteiger partial charge in [-0.1, -0.05) is 18.2 Å². The Bertz CT molecular complexity index is 2380. The number of para-hydroxylation sites is 2. The number of anilines is 1. The van der Waals surface area contributed by atoms with E-state index in [1.807, 2.05) is 0 Å². The van der Waals surface area contributed by atoms with Crippen molar-refractivity contribution in [1.82, 2.24) is 51.3 Å². The Morgan fingerprint density at radius 3 is 2.05 bits per heavy atom. The molecule has 0 fully saturated rings. The number of pyridine rings is 2. The van der Waals surface area contributed by atoms with Crippen molar-refractivity contribution in [2.45, 2.75) is 37.6 Å². The summed E-state index contributed by atoms with van der Waals surface area (Å²) in [5.74, 6) is -1.34. The summed E-state index contributed by atoms with van der Waals surface area (Å²) in [7, 11) is -3.49.